The van der Waals surface area contributed by atoms with Crippen LogP contribution in [0.1, 0.15) is 29.4 Å². The fraction of sp³-hybridized carbons (Fsp3) is 0.357. The Morgan fingerprint density at radius 2 is 2.26 bits per heavy atom. The van der Waals surface area contributed by atoms with Crippen LogP contribution in [0.2, 0.25) is 5.02 Å². The second kappa shape index (κ2) is 6.19. The Kier molecular flexibility index (Phi) is 4.58. The molecule has 0 bridgehead atoms. The maximum Gasteiger partial charge on any atom is 0.108 e. The van der Waals surface area contributed by atoms with Crippen molar-refractivity contribution < 1.29 is 0 Å². The Hall–Kier alpha value is -1.36. The van der Waals surface area contributed by atoms with Gasteiger partial charge in [0.25, 0.3) is 0 Å². The molecule has 1 unspecified atom stereocenters. The van der Waals surface area contributed by atoms with E-state index in [9.17, 15) is 0 Å². The highest BCUT2D eigenvalue weighted by Crippen LogP contribution is 2.23. The maximum absolute atomic E-state index is 6.15. The van der Waals surface area contributed by atoms with Gasteiger partial charge in [-0.3, -0.25) is 11.3 Å². The van der Waals surface area contributed by atoms with Crippen LogP contribution in [0.15, 0.2) is 30.6 Å². The fourth-order valence-electron chi connectivity index (χ4n) is 2.08. The molecule has 0 aliphatic carbocycles. The number of benzene rings is 1. The highest BCUT2D eigenvalue weighted by atomic mass is 35.5. The monoisotopic (exact) mass is 278 g/mol. The van der Waals surface area contributed by atoms with Crippen LogP contribution in [-0.2, 0) is 13.5 Å². The number of hydrogen-bond donors (Lipinski definition) is 2. The normalized spacial score (nSPS) is 12.6. The quantitative estimate of drug-likeness (QED) is 0.653. The fourth-order valence-corrected chi connectivity index (χ4v) is 2.27. The molecule has 1 aromatic carbocycles. The van der Waals surface area contributed by atoms with Crippen LogP contribution < -0.4 is 11.3 Å². The zero-order valence-electron chi connectivity index (χ0n) is 11.2. The van der Waals surface area contributed by atoms with E-state index in [0.29, 0.717) is 0 Å². The second-order valence-corrected chi connectivity index (χ2v) is 5.13. The number of aryl methyl sites for hydroxylation is 3. The lowest BCUT2D eigenvalue weighted by atomic mass is 10.0. The van der Waals surface area contributed by atoms with Crippen LogP contribution in [0.4, 0.5) is 0 Å². The van der Waals surface area contributed by atoms with Crippen molar-refractivity contribution in [1.82, 2.24) is 15.0 Å². The molecule has 0 aliphatic rings. The average Bonchev–Trinajstić information content (AvgIpc) is 2.80. The topological polar surface area (TPSA) is 55.9 Å². The van der Waals surface area contributed by atoms with E-state index in [2.05, 4.69) is 16.5 Å². The minimum absolute atomic E-state index is 0.0785. The van der Waals surface area contributed by atoms with E-state index in [-0.39, 0.29) is 6.04 Å². The van der Waals surface area contributed by atoms with Gasteiger partial charge in [-0.05, 0) is 30.5 Å². The van der Waals surface area contributed by atoms with Gasteiger partial charge in [-0.15, -0.1) is 0 Å². The van der Waals surface area contributed by atoms with Crippen LogP contribution in [0.3, 0.4) is 0 Å². The third-order valence-corrected chi connectivity index (χ3v) is 3.78. The zero-order chi connectivity index (χ0) is 13.8. The lowest BCUT2D eigenvalue weighted by molar-refractivity contribution is 0.506. The molecular formula is C14H19ClN4. The predicted octanol–water partition coefficient (Wildman–Crippen LogP) is 2.52. The van der Waals surface area contributed by atoms with E-state index in [1.165, 1.54) is 0 Å². The smallest absolute Gasteiger partial charge is 0.108 e. The van der Waals surface area contributed by atoms with E-state index in [4.69, 9.17) is 17.4 Å². The number of hydrogen-bond acceptors (Lipinski definition) is 3. The molecule has 0 aliphatic heterocycles. The zero-order valence-corrected chi connectivity index (χ0v) is 12.0. The second-order valence-electron chi connectivity index (χ2n) is 4.72. The Morgan fingerprint density at radius 1 is 1.47 bits per heavy atom. The minimum atomic E-state index is 0.0785. The van der Waals surface area contributed by atoms with Gasteiger partial charge < -0.3 is 4.57 Å². The molecule has 2 rings (SSSR count). The summed E-state index contributed by atoms with van der Waals surface area (Å²) in [5.74, 6) is 6.70. The highest BCUT2D eigenvalue weighted by Gasteiger charge is 2.12. The third kappa shape index (κ3) is 3.35. The summed E-state index contributed by atoms with van der Waals surface area (Å²) >= 11 is 6.15. The molecule has 1 aromatic heterocycles. The van der Waals surface area contributed by atoms with Crippen molar-refractivity contribution in [3.8, 4) is 0 Å². The van der Waals surface area contributed by atoms with Crippen molar-refractivity contribution >= 4 is 11.6 Å². The molecule has 1 heterocycles. The molecule has 3 N–H and O–H groups in total. The summed E-state index contributed by atoms with van der Waals surface area (Å²) < 4.78 is 2.02. The van der Waals surface area contributed by atoms with Crippen LogP contribution in [0.25, 0.3) is 0 Å². The molecule has 4 nitrogen and oxygen atoms in total. The number of rotatable bonds is 5. The molecule has 0 saturated heterocycles. The van der Waals surface area contributed by atoms with Crippen molar-refractivity contribution in [2.45, 2.75) is 25.8 Å². The van der Waals surface area contributed by atoms with Crippen LogP contribution in [0.5, 0.6) is 0 Å². The van der Waals surface area contributed by atoms with E-state index >= 15 is 0 Å². The molecule has 1 atom stereocenters. The van der Waals surface area contributed by atoms with Crippen molar-refractivity contribution in [2.24, 2.45) is 12.9 Å². The molecule has 19 heavy (non-hydrogen) atoms. The van der Waals surface area contributed by atoms with Gasteiger partial charge in [0.2, 0.25) is 0 Å². The first-order valence-corrected chi connectivity index (χ1v) is 6.68. The number of imidazole rings is 1. The molecule has 0 spiro atoms. The lowest BCUT2D eigenvalue weighted by Gasteiger charge is -2.17. The summed E-state index contributed by atoms with van der Waals surface area (Å²) in [6.07, 6.45) is 5.50. The molecule has 0 radical (unpaired) electrons. The van der Waals surface area contributed by atoms with Gasteiger partial charge in [0.15, 0.2) is 0 Å². The van der Waals surface area contributed by atoms with Crippen molar-refractivity contribution in [1.29, 1.82) is 0 Å². The molecule has 102 valence electrons. The highest BCUT2D eigenvalue weighted by molar-refractivity contribution is 6.31. The van der Waals surface area contributed by atoms with Gasteiger partial charge in [-0.25, -0.2) is 4.98 Å². The number of hydrazine groups is 1. The molecule has 0 fully saturated rings. The SMILES string of the molecule is Cc1ccc(C(CCc2nccn2C)NN)cc1Cl. The molecular weight excluding hydrogens is 260 g/mol. The van der Waals surface area contributed by atoms with Gasteiger partial charge in [-0.1, -0.05) is 23.7 Å². The summed E-state index contributed by atoms with van der Waals surface area (Å²) in [6.45, 7) is 1.99. The van der Waals surface area contributed by atoms with Gasteiger partial charge in [-0.2, -0.15) is 0 Å². The number of aromatic nitrogens is 2. The van der Waals surface area contributed by atoms with Crippen LogP contribution in [0, 0.1) is 6.92 Å². The Balaban J connectivity index is 2.07. The van der Waals surface area contributed by atoms with Gasteiger partial charge in [0, 0.05) is 36.9 Å². The van der Waals surface area contributed by atoms with Crippen molar-refractivity contribution in [3.05, 3.63) is 52.6 Å². The minimum Gasteiger partial charge on any atom is -0.338 e. The number of nitrogens with one attached hydrogen (secondary N) is 1. The Labute approximate surface area is 118 Å². The Morgan fingerprint density at radius 3 is 2.84 bits per heavy atom. The summed E-state index contributed by atoms with van der Waals surface area (Å²) in [4.78, 5) is 4.32. The summed E-state index contributed by atoms with van der Waals surface area (Å²) in [5.41, 5.74) is 5.03. The van der Waals surface area contributed by atoms with Gasteiger partial charge >= 0.3 is 0 Å². The first kappa shape index (κ1) is 14.1. The summed E-state index contributed by atoms with van der Waals surface area (Å²) in [5, 5.41) is 0.773. The average molecular weight is 279 g/mol. The van der Waals surface area contributed by atoms with Crippen LogP contribution >= 0.6 is 11.6 Å². The molecule has 0 amide bonds. The van der Waals surface area contributed by atoms with E-state index < -0.39 is 0 Å². The van der Waals surface area contributed by atoms with E-state index in [0.717, 1.165) is 34.8 Å². The molecule has 0 saturated carbocycles. The van der Waals surface area contributed by atoms with Crippen molar-refractivity contribution in [3.63, 3.8) is 0 Å². The van der Waals surface area contributed by atoms with Crippen molar-refractivity contribution in [2.75, 3.05) is 0 Å². The lowest BCUT2D eigenvalue weighted by Crippen LogP contribution is -2.28. The first-order chi connectivity index (χ1) is 9.11. The van der Waals surface area contributed by atoms with E-state index in [1.54, 1.807) is 0 Å². The standard InChI is InChI=1S/C14H19ClN4/c1-10-3-4-11(9-12(10)15)13(18-16)5-6-14-17-7-8-19(14)2/h3-4,7-9,13,18H,5-6,16H2,1-2H3. The number of halogens is 1. The Bertz CT molecular complexity index is 550. The van der Waals surface area contributed by atoms with Gasteiger partial charge in [0.05, 0.1) is 0 Å². The first-order valence-electron chi connectivity index (χ1n) is 6.30. The summed E-state index contributed by atoms with van der Waals surface area (Å²) in [7, 11) is 2.00. The van der Waals surface area contributed by atoms with E-state index in [1.807, 2.05) is 43.1 Å². The predicted molar refractivity (Wildman–Crippen MR) is 77.8 cm³/mol. The third-order valence-electron chi connectivity index (χ3n) is 3.38. The summed E-state index contributed by atoms with van der Waals surface area (Å²) in [6, 6.07) is 6.13. The largest absolute Gasteiger partial charge is 0.338 e. The number of nitrogens with zero attached hydrogens (tertiary/aromatic N) is 2. The molecule has 2 aromatic rings. The number of nitrogens with two attached hydrogens (primary N) is 1. The van der Waals surface area contributed by atoms with Crippen LogP contribution in [-0.4, -0.2) is 9.55 Å². The maximum atomic E-state index is 6.15. The molecule has 5 heteroatoms. The van der Waals surface area contributed by atoms with Gasteiger partial charge in [0.1, 0.15) is 5.82 Å².